The first-order valence-electron chi connectivity index (χ1n) is 21.3. The molecule has 0 aliphatic carbocycles. The number of fused-ring (bicyclic) bond motifs is 1. The molecule has 3 aliphatic heterocycles. The zero-order valence-corrected chi connectivity index (χ0v) is 34.8. The summed E-state index contributed by atoms with van der Waals surface area (Å²) in [7, 11) is 0. The highest BCUT2D eigenvalue weighted by molar-refractivity contribution is 5.96. The van der Waals surface area contributed by atoms with Gasteiger partial charge in [0.2, 0.25) is 5.91 Å². The lowest BCUT2D eigenvalue weighted by atomic mass is 9.99. The number of likely N-dealkylation sites (tertiary alicyclic amines) is 2. The highest BCUT2D eigenvalue weighted by atomic mass is 19.4. The average molecular weight is 889 g/mol. The Bertz CT molecular complexity index is 2570. The van der Waals surface area contributed by atoms with Crippen LogP contribution in [-0.4, -0.2) is 125 Å². The van der Waals surface area contributed by atoms with Gasteiger partial charge >= 0.3 is 6.18 Å². The molecule has 4 heterocycles. The van der Waals surface area contributed by atoms with E-state index in [9.17, 15) is 32.3 Å². The summed E-state index contributed by atoms with van der Waals surface area (Å²) in [6.45, 7) is 3.06. The molecule has 64 heavy (non-hydrogen) atoms. The molecular weight excluding hydrogens is 843 g/mol. The predicted molar refractivity (Wildman–Crippen MR) is 225 cm³/mol. The van der Waals surface area contributed by atoms with Gasteiger partial charge in [-0.05, 0) is 78.3 Å². The molecule has 3 amide bonds. The van der Waals surface area contributed by atoms with Crippen LogP contribution in [0.25, 0.3) is 21.9 Å². The van der Waals surface area contributed by atoms with E-state index in [0.29, 0.717) is 73.9 Å². The molecule has 11 nitrogen and oxygen atoms in total. The number of ether oxygens (including phenoxy) is 1. The minimum absolute atomic E-state index is 0.0247. The average Bonchev–Trinajstić information content (AvgIpc) is 3.28. The lowest BCUT2D eigenvalue weighted by Crippen LogP contribution is -2.53. The summed E-state index contributed by atoms with van der Waals surface area (Å²) >= 11 is 0. The lowest BCUT2D eigenvalue weighted by Gasteiger charge is -2.38. The largest absolute Gasteiger partial charge is 0.393 e. The number of amides is 3. The smallest absolute Gasteiger partial charge is 0.375 e. The zero-order chi connectivity index (χ0) is 45.1. The number of hydrogen-bond donors (Lipinski definition) is 1. The maximum Gasteiger partial charge on any atom is 0.393 e. The standard InChI is InChI=1S/C47H46F6N6O5/c48-38-9-8-29(24-41-35-6-1-2-7-36(35)44(61)55-54-41)23-37(38)45(62)59-20-18-57(19-21-59)42(60)28-56-14-10-33(11-15-56)64-34-12-16-58(17-13-34)46(63)43-39(49)25-32(26-40(43)50)31-5-3-4-30(22-31)27-47(51,52)53/h1-9,22-23,25-26,33-34H,10-21,24,27-28H2,(H,55,61). The predicted octanol–water partition coefficient (Wildman–Crippen LogP) is 6.77. The SMILES string of the molecule is O=C(CN1CCC(OC2CCN(C(=O)c3c(F)cc(-c4cccc(CC(F)(F)F)c4)cc3F)CC2)CC1)N1CCN(C(=O)c2cc(Cc3n[nH]c(=O)c4ccccc34)ccc2F)CC1. The summed E-state index contributed by atoms with van der Waals surface area (Å²) in [6.07, 6.45) is -3.25. The van der Waals surface area contributed by atoms with Crippen LogP contribution in [0.3, 0.4) is 0 Å². The molecule has 1 N–H and O–H groups in total. The van der Waals surface area contributed by atoms with Crippen molar-refractivity contribution in [2.45, 2.75) is 56.9 Å². The molecule has 3 saturated heterocycles. The van der Waals surface area contributed by atoms with E-state index in [4.69, 9.17) is 4.74 Å². The van der Waals surface area contributed by atoms with Gasteiger partial charge in [0.15, 0.2) is 0 Å². The number of halogens is 6. The van der Waals surface area contributed by atoms with Crippen LogP contribution < -0.4 is 5.56 Å². The molecule has 0 bridgehead atoms. The third kappa shape index (κ3) is 10.3. The van der Waals surface area contributed by atoms with Crippen molar-refractivity contribution in [3.8, 4) is 11.1 Å². The number of rotatable bonds is 10. The monoisotopic (exact) mass is 888 g/mol. The summed E-state index contributed by atoms with van der Waals surface area (Å²) < 4.78 is 90.6. The van der Waals surface area contributed by atoms with Crippen molar-refractivity contribution < 1.29 is 45.5 Å². The second-order valence-corrected chi connectivity index (χ2v) is 16.6. The first-order chi connectivity index (χ1) is 30.7. The van der Waals surface area contributed by atoms with E-state index in [1.54, 1.807) is 40.1 Å². The highest BCUT2D eigenvalue weighted by Gasteiger charge is 2.33. The Balaban J connectivity index is 0.763. The Hall–Kier alpha value is -6.07. The van der Waals surface area contributed by atoms with Crippen molar-refractivity contribution in [1.82, 2.24) is 29.8 Å². The molecule has 17 heteroatoms. The van der Waals surface area contributed by atoms with Crippen LogP contribution in [0.2, 0.25) is 0 Å². The molecule has 4 aromatic carbocycles. The number of nitrogens with zero attached hydrogens (tertiary/aromatic N) is 5. The maximum atomic E-state index is 15.2. The van der Waals surface area contributed by atoms with E-state index in [-0.39, 0.29) is 85.1 Å². The Morgan fingerprint density at radius 2 is 1.28 bits per heavy atom. The molecule has 0 unspecified atom stereocenters. The number of carbonyl (C=O) groups is 3. The first kappa shape index (κ1) is 44.5. The summed E-state index contributed by atoms with van der Waals surface area (Å²) in [5.74, 6) is -4.16. The minimum Gasteiger partial charge on any atom is -0.375 e. The van der Waals surface area contributed by atoms with Gasteiger partial charge in [0, 0.05) is 64.2 Å². The number of piperidine rings is 2. The van der Waals surface area contributed by atoms with Crippen LogP contribution in [0.1, 0.15) is 63.2 Å². The van der Waals surface area contributed by atoms with Crippen LogP contribution in [-0.2, 0) is 22.4 Å². The van der Waals surface area contributed by atoms with Crippen molar-refractivity contribution in [1.29, 1.82) is 0 Å². The molecule has 336 valence electrons. The van der Waals surface area contributed by atoms with Crippen molar-refractivity contribution in [2.24, 2.45) is 0 Å². The van der Waals surface area contributed by atoms with Gasteiger partial charge in [0.05, 0.1) is 41.8 Å². The third-order valence-corrected chi connectivity index (χ3v) is 12.3. The van der Waals surface area contributed by atoms with Crippen LogP contribution in [0, 0.1) is 17.5 Å². The molecular formula is C47H46F6N6O5. The van der Waals surface area contributed by atoms with Crippen molar-refractivity contribution >= 4 is 28.5 Å². The fraction of sp³-hybridized carbons (Fsp3) is 0.383. The summed E-state index contributed by atoms with van der Waals surface area (Å²) in [4.78, 5) is 59.0. The van der Waals surface area contributed by atoms with E-state index >= 15 is 13.2 Å². The zero-order valence-electron chi connectivity index (χ0n) is 34.8. The van der Waals surface area contributed by atoms with Gasteiger partial charge in [-0.15, -0.1) is 0 Å². The maximum absolute atomic E-state index is 15.2. The molecule has 0 radical (unpaired) electrons. The molecule has 3 aliphatic rings. The number of carbonyl (C=O) groups excluding carboxylic acids is 3. The number of aromatic amines is 1. The number of benzene rings is 4. The topological polar surface area (TPSA) is 119 Å². The lowest BCUT2D eigenvalue weighted by molar-refractivity contribution is -0.135. The number of nitrogens with one attached hydrogen (secondary N) is 1. The van der Waals surface area contributed by atoms with Gasteiger partial charge in [-0.1, -0.05) is 48.5 Å². The van der Waals surface area contributed by atoms with Gasteiger partial charge in [-0.2, -0.15) is 18.3 Å². The molecule has 0 saturated carbocycles. The number of hydrogen-bond acceptors (Lipinski definition) is 7. The minimum atomic E-state index is -4.44. The highest BCUT2D eigenvalue weighted by Crippen LogP contribution is 2.30. The molecule has 0 atom stereocenters. The Kier molecular flexibility index (Phi) is 13.2. The quantitative estimate of drug-likeness (QED) is 0.154. The molecule has 8 rings (SSSR count). The van der Waals surface area contributed by atoms with Crippen LogP contribution in [0.15, 0.2) is 83.7 Å². The molecule has 0 spiro atoms. The van der Waals surface area contributed by atoms with E-state index in [1.165, 1.54) is 41.3 Å². The molecule has 3 fully saturated rings. The van der Waals surface area contributed by atoms with Crippen LogP contribution in [0.4, 0.5) is 26.3 Å². The Morgan fingerprint density at radius 3 is 1.95 bits per heavy atom. The Labute approximate surface area is 364 Å². The van der Waals surface area contributed by atoms with Gasteiger partial charge < -0.3 is 19.4 Å². The number of H-pyrrole nitrogens is 1. The van der Waals surface area contributed by atoms with Crippen LogP contribution in [0.5, 0.6) is 0 Å². The summed E-state index contributed by atoms with van der Waals surface area (Å²) in [5, 5.41) is 7.86. The van der Waals surface area contributed by atoms with E-state index in [2.05, 4.69) is 15.1 Å². The number of alkyl halides is 3. The van der Waals surface area contributed by atoms with Crippen molar-refractivity contribution in [3.63, 3.8) is 0 Å². The second-order valence-electron chi connectivity index (χ2n) is 16.6. The Morgan fingerprint density at radius 1 is 0.656 bits per heavy atom. The summed E-state index contributed by atoms with van der Waals surface area (Å²) in [6, 6.07) is 18.7. The van der Waals surface area contributed by atoms with Crippen molar-refractivity contribution in [3.05, 3.63) is 135 Å². The number of aromatic nitrogens is 2. The van der Waals surface area contributed by atoms with Crippen molar-refractivity contribution in [2.75, 3.05) is 58.9 Å². The summed E-state index contributed by atoms with van der Waals surface area (Å²) in [5.41, 5.74) is 0.336. The van der Waals surface area contributed by atoms with Crippen LogP contribution >= 0.6 is 0 Å². The van der Waals surface area contributed by atoms with Gasteiger partial charge in [0.1, 0.15) is 23.0 Å². The first-order valence-corrected chi connectivity index (χ1v) is 21.3. The molecule has 5 aromatic rings. The second kappa shape index (κ2) is 19.0. The van der Waals surface area contributed by atoms with E-state index in [0.717, 1.165) is 12.1 Å². The van der Waals surface area contributed by atoms with Gasteiger partial charge in [-0.25, -0.2) is 18.3 Å². The van der Waals surface area contributed by atoms with E-state index < -0.39 is 47.4 Å². The van der Waals surface area contributed by atoms with Gasteiger partial charge in [0.25, 0.3) is 17.4 Å². The fourth-order valence-electron chi connectivity index (χ4n) is 8.83. The third-order valence-electron chi connectivity index (χ3n) is 12.3. The normalized spacial score (nSPS) is 17.0. The number of piperazine rings is 1. The van der Waals surface area contributed by atoms with E-state index in [1.807, 2.05) is 0 Å². The fourth-order valence-corrected chi connectivity index (χ4v) is 8.83. The van der Waals surface area contributed by atoms with Gasteiger partial charge in [-0.3, -0.25) is 24.1 Å². The molecule has 1 aromatic heterocycles.